The zero-order valence-corrected chi connectivity index (χ0v) is 18.1. The Bertz CT molecular complexity index is 1250. The largest absolute Gasteiger partial charge is 0.369 e. The van der Waals surface area contributed by atoms with Gasteiger partial charge >= 0.3 is 0 Å². The van der Waals surface area contributed by atoms with Gasteiger partial charge in [-0.2, -0.15) is 5.10 Å². The zero-order chi connectivity index (χ0) is 21.8. The Balaban J connectivity index is 1.94. The van der Waals surface area contributed by atoms with Crippen molar-refractivity contribution in [3.8, 4) is 11.3 Å². The van der Waals surface area contributed by atoms with E-state index in [1.165, 1.54) is 5.56 Å². The third-order valence-corrected chi connectivity index (χ3v) is 5.48. The summed E-state index contributed by atoms with van der Waals surface area (Å²) in [6.07, 6.45) is 0.906. The highest BCUT2D eigenvalue weighted by atomic mass is 35.5. The van der Waals surface area contributed by atoms with E-state index in [4.69, 9.17) is 23.1 Å². The number of benzene rings is 3. The van der Waals surface area contributed by atoms with Crippen LogP contribution in [0.2, 0.25) is 5.02 Å². The first-order valence-corrected chi connectivity index (χ1v) is 10.5. The van der Waals surface area contributed by atoms with Crippen LogP contribution in [0.3, 0.4) is 0 Å². The van der Waals surface area contributed by atoms with Crippen LogP contribution in [0, 0.1) is 0 Å². The molecule has 4 aromatic rings. The summed E-state index contributed by atoms with van der Waals surface area (Å²) in [5.74, 6) is -0.0693. The van der Waals surface area contributed by atoms with Gasteiger partial charge in [-0.3, -0.25) is 0 Å². The molecular formula is C25H24ClN5. The minimum Gasteiger partial charge on any atom is -0.369 e. The number of fused-ring (bicyclic) bond motifs is 1. The standard InChI is InChI=1S/C25H24ClN5/c1-17(29-30-25(27)28)23-21-9-5-6-10-22(21)31(16-15-18-7-3-2-4-8-18)24(23)19-11-13-20(26)14-12-19/h2-14H,15-16H2,1H3,(H4,27,28,30)/b29-17+. The van der Waals surface area contributed by atoms with Crippen molar-refractivity contribution in [1.82, 2.24) is 4.57 Å². The quantitative estimate of drug-likeness (QED) is 0.251. The van der Waals surface area contributed by atoms with Crippen LogP contribution in [0.25, 0.3) is 22.2 Å². The van der Waals surface area contributed by atoms with Crippen molar-refractivity contribution in [1.29, 1.82) is 0 Å². The molecule has 0 aliphatic rings. The van der Waals surface area contributed by atoms with Gasteiger partial charge in [-0.05, 0) is 42.7 Å². The Morgan fingerprint density at radius 3 is 2.26 bits per heavy atom. The molecule has 0 saturated heterocycles. The number of halogens is 1. The average Bonchev–Trinajstić information content (AvgIpc) is 3.11. The van der Waals surface area contributed by atoms with Gasteiger partial charge in [-0.15, -0.1) is 5.10 Å². The molecule has 31 heavy (non-hydrogen) atoms. The topological polar surface area (TPSA) is 81.7 Å². The third-order valence-electron chi connectivity index (χ3n) is 5.23. The van der Waals surface area contributed by atoms with Gasteiger partial charge in [0.05, 0.1) is 11.4 Å². The molecule has 3 aromatic carbocycles. The second-order valence-electron chi connectivity index (χ2n) is 7.35. The molecule has 1 aromatic heterocycles. The van der Waals surface area contributed by atoms with Crippen LogP contribution in [-0.4, -0.2) is 16.2 Å². The van der Waals surface area contributed by atoms with E-state index in [0.29, 0.717) is 5.02 Å². The van der Waals surface area contributed by atoms with E-state index in [1.807, 2.05) is 43.3 Å². The van der Waals surface area contributed by atoms with Crippen molar-refractivity contribution in [2.24, 2.45) is 21.7 Å². The molecule has 0 unspecified atom stereocenters. The number of hydrogen-bond donors (Lipinski definition) is 2. The molecule has 0 saturated carbocycles. The van der Waals surface area contributed by atoms with Crippen LogP contribution in [0.4, 0.5) is 0 Å². The Labute approximate surface area is 186 Å². The van der Waals surface area contributed by atoms with Crippen molar-refractivity contribution < 1.29 is 0 Å². The fourth-order valence-corrected chi connectivity index (χ4v) is 4.00. The first-order valence-electron chi connectivity index (χ1n) is 10.1. The summed E-state index contributed by atoms with van der Waals surface area (Å²) in [4.78, 5) is 0. The molecule has 0 amide bonds. The molecule has 0 aliphatic carbocycles. The van der Waals surface area contributed by atoms with Gasteiger partial charge in [-0.25, -0.2) is 0 Å². The molecule has 156 valence electrons. The predicted molar refractivity (Wildman–Crippen MR) is 131 cm³/mol. The Morgan fingerprint density at radius 2 is 1.55 bits per heavy atom. The van der Waals surface area contributed by atoms with Crippen LogP contribution in [0.1, 0.15) is 18.1 Å². The SMILES string of the molecule is C/C(=N\N=C(N)N)c1c(-c2ccc(Cl)cc2)n(CCc2ccccc2)c2ccccc12. The maximum Gasteiger partial charge on any atom is 0.211 e. The van der Waals surface area contributed by atoms with Crippen molar-refractivity contribution >= 4 is 34.2 Å². The highest BCUT2D eigenvalue weighted by Gasteiger charge is 2.20. The lowest BCUT2D eigenvalue weighted by molar-refractivity contribution is 0.729. The second kappa shape index (κ2) is 9.06. The summed E-state index contributed by atoms with van der Waals surface area (Å²) in [7, 11) is 0. The van der Waals surface area contributed by atoms with Gasteiger partial charge in [-0.1, -0.05) is 72.3 Å². The van der Waals surface area contributed by atoms with Gasteiger partial charge in [0.1, 0.15) is 0 Å². The smallest absolute Gasteiger partial charge is 0.211 e. The summed E-state index contributed by atoms with van der Waals surface area (Å²) in [5, 5.41) is 9.99. The van der Waals surface area contributed by atoms with E-state index in [-0.39, 0.29) is 5.96 Å². The fourth-order valence-electron chi connectivity index (χ4n) is 3.88. The summed E-state index contributed by atoms with van der Waals surface area (Å²) in [6, 6.07) is 26.7. The Hall–Kier alpha value is -3.57. The minimum atomic E-state index is -0.0693. The van der Waals surface area contributed by atoms with Gasteiger partial charge < -0.3 is 16.0 Å². The molecule has 0 aliphatic heterocycles. The van der Waals surface area contributed by atoms with E-state index in [9.17, 15) is 0 Å². The van der Waals surface area contributed by atoms with E-state index in [0.717, 1.165) is 46.4 Å². The van der Waals surface area contributed by atoms with Crippen LogP contribution >= 0.6 is 11.6 Å². The number of nitrogens with two attached hydrogens (primary N) is 2. The predicted octanol–water partition coefficient (Wildman–Crippen LogP) is 5.20. The number of aryl methyl sites for hydroxylation is 2. The van der Waals surface area contributed by atoms with E-state index in [2.05, 4.69) is 57.2 Å². The van der Waals surface area contributed by atoms with Crippen LogP contribution in [-0.2, 0) is 13.0 Å². The maximum atomic E-state index is 6.17. The van der Waals surface area contributed by atoms with Crippen molar-refractivity contribution in [3.63, 3.8) is 0 Å². The van der Waals surface area contributed by atoms with E-state index >= 15 is 0 Å². The monoisotopic (exact) mass is 429 g/mol. The molecule has 0 fully saturated rings. The Kier molecular flexibility index (Phi) is 6.05. The summed E-state index contributed by atoms with van der Waals surface area (Å²) in [6.45, 7) is 2.74. The number of aromatic nitrogens is 1. The summed E-state index contributed by atoms with van der Waals surface area (Å²) < 4.78 is 2.34. The van der Waals surface area contributed by atoms with E-state index in [1.54, 1.807) is 0 Å². The van der Waals surface area contributed by atoms with Crippen molar-refractivity contribution in [3.05, 3.63) is 95.0 Å². The maximum absolute atomic E-state index is 6.17. The minimum absolute atomic E-state index is 0.0693. The molecule has 6 heteroatoms. The van der Waals surface area contributed by atoms with Gasteiger partial charge in [0.15, 0.2) is 0 Å². The number of para-hydroxylation sites is 1. The van der Waals surface area contributed by atoms with E-state index < -0.39 is 0 Å². The van der Waals surface area contributed by atoms with Crippen LogP contribution in [0.5, 0.6) is 0 Å². The number of rotatable bonds is 6. The lowest BCUT2D eigenvalue weighted by Crippen LogP contribution is -2.22. The molecule has 0 atom stereocenters. The highest BCUT2D eigenvalue weighted by Crippen LogP contribution is 2.35. The molecule has 5 nitrogen and oxygen atoms in total. The lowest BCUT2D eigenvalue weighted by Gasteiger charge is -2.13. The molecule has 4 rings (SSSR count). The normalized spacial score (nSPS) is 11.6. The van der Waals surface area contributed by atoms with Crippen LogP contribution in [0.15, 0.2) is 89.1 Å². The number of guanidine groups is 1. The molecule has 0 spiro atoms. The number of hydrogen-bond acceptors (Lipinski definition) is 2. The molecule has 0 radical (unpaired) electrons. The highest BCUT2D eigenvalue weighted by molar-refractivity contribution is 6.30. The molecule has 1 heterocycles. The van der Waals surface area contributed by atoms with Gasteiger partial charge in [0.25, 0.3) is 0 Å². The molecule has 0 bridgehead atoms. The van der Waals surface area contributed by atoms with Crippen LogP contribution < -0.4 is 11.5 Å². The van der Waals surface area contributed by atoms with Gasteiger partial charge in [0, 0.05) is 28.0 Å². The summed E-state index contributed by atoms with van der Waals surface area (Å²) in [5.41, 5.74) is 17.3. The average molecular weight is 430 g/mol. The second-order valence-corrected chi connectivity index (χ2v) is 7.78. The Morgan fingerprint density at radius 1 is 0.871 bits per heavy atom. The van der Waals surface area contributed by atoms with Crippen molar-refractivity contribution in [2.75, 3.05) is 0 Å². The van der Waals surface area contributed by atoms with Crippen molar-refractivity contribution in [2.45, 2.75) is 19.9 Å². The number of nitrogens with zero attached hydrogens (tertiary/aromatic N) is 3. The fraction of sp³-hybridized carbons (Fsp3) is 0.120. The zero-order valence-electron chi connectivity index (χ0n) is 17.3. The first kappa shape index (κ1) is 20.7. The molecule has 4 N–H and O–H groups in total. The van der Waals surface area contributed by atoms with Gasteiger partial charge in [0.2, 0.25) is 5.96 Å². The first-order chi connectivity index (χ1) is 15.0. The summed E-state index contributed by atoms with van der Waals surface area (Å²) >= 11 is 6.17. The third kappa shape index (κ3) is 4.47. The lowest BCUT2D eigenvalue weighted by atomic mass is 10.0. The molecular weight excluding hydrogens is 406 g/mol.